The highest BCUT2D eigenvalue weighted by molar-refractivity contribution is 7.15. The van der Waals surface area contributed by atoms with E-state index < -0.39 is 6.10 Å². The average Bonchev–Trinajstić information content (AvgIpc) is 3.37. The summed E-state index contributed by atoms with van der Waals surface area (Å²) in [4.78, 5) is 17.8. The zero-order chi connectivity index (χ0) is 17.9. The minimum Gasteiger partial charge on any atom is -0.376 e. The number of nitrogens with one attached hydrogen (secondary N) is 1. The van der Waals surface area contributed by atoms with E-state index in [0.29, 0.717) is 6.61 Å². The van der Waals surface area contributed by atoms with Gasteiger partial charge in [0.05, 0.1) is 18.4 Å². The zero-order valence-electron chi connectivity index (χ0n) is 14.6. The molecular formula is C19H21N3O3S. The Morgan fingerprint density at radius 1 is 1.46 bits per heavy atom. The van der Waals surface area contributed by atoms with Crippen LogP contribution in [0.3, 0.4) is 0 Å². The second-order valence-electron chi connectivity index (χ2n) is 6.40. The van der Waals surface area contributed by atoms with Crippen molar-refractivity contribution in [2.45, 2.75) is 32.0 Å². The van der Waals surface area contributed by atoms with Gasteiger partial charge in [0.15, 0.2) is 4.96 Å². The van der Waals surface area contributed by atoms with Gasteiger partial charge in [0.2, 0.25) is 0 Å². The molecule has 1 fully saturated rings. The van der Waals surface area contributed by atoms with E-state index in [1.807, 2.05) is 46.4 Å². The summed E-state index contributed by atoms with van der Waals surface area (Å²) >= 11 is 1.60. The van der Waals surface area contributed by atoms with Crippen molar-refractivity contribution in [3.63, 3.8) is 0 Å². The Morgan fingerprint density at radius 2 is 2.31 bits per heavy atom. The molecule has 7 heteroatoms. The van der Waals surface area contributed by atoms with Crippen LogP contribution in [0.1, 0.15) is 19.8 Å². The molecule has 0 spiro atoms. The number of carbonyl (C=O) groups excluding carboxylic acids is 1. The number of thiazole rings is 1. The Morgan fingerprint density at radius 3 is 3.04 bits per heavy atom. The molecule has 3 heterocycles. The smallest absolute Gasteiger partial charge is 0.253 e. The van der Waals surface area contributed by atoms with Gasteiger partial charge >= 0.3 is 0 Å². The van der Waals surface area contributed by atoms with Crippen LogP contribution in [-0.4, -0.2) is 40.7 Å². The van der Waals surface area contributed by atoms with Gasteiger partial charge < -0.3 is 14.8 Å². The molecule has 1 amide bonds. The molecule has 2 atom stereocenters. The zero-order valence-corrected chi connectivity index (χ0v) is 15.4. The van der Waals surface area contributed by atoms with Gasteiger partial charge in [-0.2, -0.15) is 0 Å². The first-order valence-corrected chi connectivity index (χ1v) is 9.64. The third-order valence-corrected chi connectivity index (χ3v) is 5.24. The maximum atomic E-state index is 12.3. The van der Waals surface area contributed by atoms with Crippen molar-refractivity contribution in [3.05, 3.63) is 42.0 Å². The minimum absolute atomic E-state index is 0.120. The number of carbonyl (C=O) groups is 1. The van der Waals surface area contributed by atoms with Crippen LogP contribution >= 0.6 is 11.3 Å². The standard InChI is InChI=1S/C19H21N3O3S/c1-13(25-12-16-3-2-9-24-16)18(23)20-15-6-4-14(5-7-15)17-11-22-8-10-26-19(22)21-17/h4-8,10-11,13,16H,2-3,9,12H2,1H3,(H,20,23)/t13-,16-/m1/s1. The van der Waals surface area contributed by atoms with E-state index in [1.54, 1.807) is 18.3 Å². The monoisotopic (exact) mass is 371 g/mol. The summed E-state index contributed by atoms with van der Waals surface area (Å²) in [7, 11) is 0. The highest BCUT2D eigenvalue weighted by Gasteiger charge is 2.20. The number of ether oxygens (including phenoxy) is 2. The van der Waals surface area contributed by atoms with Crippen molar-refractivity contribution in [1.82, 2.24) is 9.38 Å². The Labute approximate surface area is 155 Å². The SMILES string of the molecule is C[C@@H](OC[C@H]1CCCO1)C(=O)Nc1ccc(-c2cn3ccsc3n2)cc1. The van der Waals surface area contributed by atoms with Crippen LogP contribution < -0.4 is 5.32 Å². The molecule has 1 saturated heterocycles. The van der Waals surface area contributed by atoms with Gasteiger partial charge in [0.25, 0.3) is 5.91 Å². The van der Waals surface area contributed by atoms with Crippen LogP contribution in [0.2, 0.25) is 0 Å². The summed E-state index contributed by atoms with van der Waals surface area (Å²) in [5.41, 5.74) is 2.68. The second-order valence-corrected chi connectivity index (χ2v) is 7.27. The van der Waals surface area contributed by atoms with Gasteiger partial charge in [0.1, 0.15) is 6.10 Å². The van der Waals surface area contributed by atoms with Gasteiger partial charge in [-0.3, -0.25) is 9.20 Å². The number of amides is 1. The molecule has 6 nitrogen and oxygen atoms in total. The maximum Gasteiger partial charge on any atom is 0.253 e. The minimum atomic E-state index is -0.515. The molecule has 0 bridgehead atoms. The first-order chi connectivity index (χ1) is 12.7. The van der Waals surface area contributed by atoms with E-state index in [9.17, 15) is 4.79 Å². The van der Waals surface area contributed by atoms with Crippen LogP contribution in [-0.2, 0) is 14.3 Å². The van der Waals surface area contributed by atoms with Gasteiger partial charge in [0, 0.05) is 35.6 Å². The highest BCUT2D eigenvalue weighted by Crippen LogP contribution is 2.23. The van der Waals surface area contributed by atoms with Crippen LogP contribution in [0.15, 0.2) is 42.0 Å². The van der Waals surface area contributed by atoms with E-state index >= 15 is 0 Å². The molecule has 0 radical (unpaired) electrons. The third kappa shape index (κ3) is 3.80. The lowest BCUT2D eigenvalue weighted by Crippen LogP contribution is -2.30. The van der Waals surface area contributed by atoms with Crippen LogP contribution in [0.5, 0.6) is 0 Å². The van der Waals surface area contributed by atoms with E-state index in [-0.39, 0.29) is 12.0 Å². The maximum absolute atomic E-state index is 12.3. The van der Waals surface area contributed by atoms with Crippen molar-refractivity contribution in [2.24, 2.45) is 0 Å². The summed E-state index contributed by atoms with van der Waals surface area (Å²) < 4.78 is 13.1. The molecule has 1 aliphatic rings. The van der Waals surface area contributed by atoms with Gasteiger partial charge in [-0.25, -0.2) is 4.98 Å². The summed E-state index contributed by atoms with van der Waals surface area (Å²) in [6.07, 6.45) is 5.66. The fraction of sp³-hybridized carbons (Fsp3) is 0.368. The Bertz CT molecular complexity index is 852. The largest absolute Gasteiger partial charge is 0.376 e. The predicted octanol–water partition coefficient (Wildman–Crippen LogP) is 3.59. The number of hydrogen-bond acceptors (Lipinski definition) is 5. The number of aromatic nitrogens is 2. The lowest BCUT2D eigenvalue weighted by molar-refractivity contribution is -0.128. The normalized spacial score (nSPS) is 18.3. The molecular weight excluding hydrogens is 350 g/mol. The summed E-state index contributed by atoms with van der Waals surface area (Å²) in [5.74, 6) is -0.154. The number of imidazole rings is 1. The first kappa shape index (κ1) is 17.2. The molecule has 1 N–H and O–H groups in total. The van der Waals surface area contributed by atoms with Crippen LogP contribution in [0.25, 0.3) is 16.2 Å². The molecule has 26 heavy (non-hydrogen) atoms. The summed E-state index contributed by atoms with van der Waals surface area (Å²) in [6, 6.07) is 7.68. The number of fused-ring (bicyclic) bond motifs is 1. The van der Waals surface area contributed by atoms with Crippen molar-refractivity contribution in [1.29, 1.82) is 0 Å². The molecule has 2 aromatic heterocycles. The molecule has 0 aliphatic carbocycles. The fourth-order valence-electron chi connectivity index (χ4n) is 2.94. The van der Waals surface area contributed by atoms with Gasteiger partial charge in [-0.1, -0.05) is 12.1 Å². The summed E-state index contributed by atoms with van der Waals surface area (Å²) in [6.45, 7) is 3.01. The second kappa shape index (κ2) is 7.57. The van der Waals surface area contributed by atoms with E-state index in [0.717, 1.165) is 41.4 Å². The number of hydrogen-bond donors (Lipinski definition) is 1. The Hall–Kier alpha value is -2.22. The average molecular weight is 371 g/mol. The highest BCUT2D eigenvalue weighted by atomic mass is 32.1. The number of anilines is 1. The lowest BCUT2D eigenvalue weighted by atomic mass is 10.1. The fourth-order valence-corrected chi connectivity index (χ4v) is 3.64. The van der Waals surface area contributed by atoms with Gasteiger partial charge in [-0.15, -0.1) is 11.3 Å². The topological polar surface area (TPSA) is 64.9 Å². The Balaban J connectivity index is 1.34. The van der Waals surface area contributed by atoms with Crippen molar-refractivity contribution < 1.29 is 14.3 Å². The van der Waals surface area contributed by atoms with Crippen molar-refractivity contribution in [3.8, 4) is 11.3 Å². The van der Waals surface area contributed by atoms with Crippen LogP contribution in [0.4, 0.5) is 5.69 Å². The molecule has 0 saturated carbocycles. The van der Waals surface area contributed by atoms with E-state index in [1.165, 1.54) is 0 Å². The quantitative estimate of drug-likeness (QED) is 0.719. The predicted molar refractivity (Wildman–Crippen MR) is 102 cm³/mol. The van der Waals surface area contributed by atoms with Crippen LogP contribution in [0, 0.1) is 0 Å². The molecule has 1 aromatic carbocycles. The van der Waals surface area contributed by atoms with E-state index in [2.05, 4.69) is 10.3 Å². The van der Waals surface area contributed by atoms with Crippen molar-refractivity contribution in [2.75, 3.05) is 18.5 Å². The van der Waals surface area contributed by atoms with Crippen molar-refractivity contribution >= 4 is 27.9 Å². The summed E-state index contributed by atoms with van der Waals surface area (Å²) in [5, 5.41) is 4.90. The molecule has 136 valence electrons. The first-order valence-electron chi connectivity index (χ1n) is 8.76. The number of rotatable bonds is 6. The number of benzene rings is 1. The number of nitrogens with zero attached hydrogens (tertiary/aromatic N) is 2. The molecule has 4 rings (SSSR count). The van der Waals surface area contributed by atoms with E-state index in [4.69, 9.17) is 9.47 Å². The molecule has 3 aromatic rings. The third-order valence-electron chi connectivity index (χ3n) is 4.47. The molecule has 1 aliphatic heterocycles. The Kier molecular flexibility index (Phi) is 5.01. The van der Waals surface area contributed by atoms with Gasteiger partial charge in [-0.05, 0) is 31.9 Å². The lowest BCUT2D eigenvalue weighted by Gasteiger charge is -2.16. The molecule has 0 unspecified atom stereocenters.